The summed E-state index contributed by atoms with van der Waals surface area (Å²) in [6.45, 7) is 3.85. The predicted molar refractivity (Wildman–Crippen MR) is 117 cm³/mol. The van der Waals surface area contributed by atoms with E-state index < -0.39 is 5.92 Å². The molecule has 2 unspecified atom stereocenters. The summed E-state index contributed by atoms with van der Waals surface area (Å²) in [5, 5.41) is 4.40. The molecule has 30 heavy (non-hydrogen) atoms. The number of rotatable bonds is 5. The first-order chi connectivity index (χ1) is 14.6. The Morgan fingerprint density at radius 2 is 1.83 bits per heavy atom. The summed E-state index contributed by atoms with van der Waals surface area (Å²) in [6.07, 6.45) is 1.19. The molecule has 3 aromatic carbocycles. The molecule has 4 heteroatoms. The van der Waals surface area contributed by atoms with E-state index in [-0.39, 0.29) is 17.5 Å². The van der Waals surface area contributed by atoms with Crippen molar-refractivity contribution in [2.24, 2.45) is 11.8 Å². The average molecular weight is 402 g/mol. The van der Waals surface area contributed by atoms with Gasteiger partial charge >= 0.3 is 0 Å². The molecule has 4 nitrogen and oxygen atoms in total. The summed E-state index contributed by atoms with van der Waals surface area (Å²) in [6, 6.07) is 14.5. The van der Waals surface area contributed by atoms with Crippen molar-refractivity contribution in [2.45, 2.75) is 25.7 Å². The third kappa shape index (κ3) is 2.98. The molecule has 0 bridgehead atoms. The summed E-state index contributed by atoms with van der Waals surface area (Å²) in [4.78, 5) is 27.1. The van der Waals surface area contributed by atoms with Crippen molar-refractivity contribution >= 4 is 33.1 Å². The Labute approximate surface area is 176 Å². The summed E-state index contributed by atoms with van der Waals surface area (Å²) in [5.41, 5.74) is 2.70. The molecule has 0 spiro atoms. The molecule has 3 aromatic rings. The highest BCUT2D eigenvalue weighted by atomic mass is 16.5. The molecule has 2 atom stereocenters. The first-order valence-corrected chi connectivity index (χ1v) is 10.7. The van der Waals surface area contributed by atoms with E-state index in [1.807, 2.05) is 18.2 Å². The third-order valence-electron chi connectivity index (χ3n) is 6.77. The molecule has 0 N–H and O–H groups in total. The minimum absolute atomic E-state index is 0.0143. The lowest BCUT2D eigenvalue weighted by atomic mass is 9.69. The molecule has 2 aliphatic rings. The fourth-order valence-electron chi connectivity index (χ4n) is 5.19. The van der Waals surface area contributed by atoms with Crippen LogP contribution in [0.25, 0.3) is 21.5 Å². The van der Waals surface area contributed by atoms with Gasteiger partial charge in [-0.1, -0.05) is 42.5 Å². The van der Waals surface area contributed by atoms with Crippen LogP contribution in [0.15, 0.2) is 42.5 Å². The maximum Gasteiger partial charge on any atom is 0.174 e. The number of carbonyl (C=O) groups is 2. The zero-order valence-electron chi connectivity index (χ0n) is 17.4. The maximum absolute atomic E-state index is 13.7. The molecule has 0 radical (unpaired) electrons. The number of Topliss-reactive ketones (excluding diaryl/α,β-unsaturated/α-hetero) is 2. The second-order valence-electron chi connectivity index (χ2n) is 8.66. The topological polar surface area (TPSA) is 52.6 Å². The molecule has 1 fully saturated rings. The number of aryl methyl sites for hydroxylation is 1. The Kier molecular flexibility index (Phi) is 4.92. The Morgan fingerprint density at radius 3 is 2.57 bits per heavy atom. The summed E-state index contributed by atoms with van der Waals surface area (Å²) in [5.74, 6) is -0.540. The van der Waals surface area contributed by atoms with Gasteiger partial charge in [-0.3, -0.25) is 9.59 Å². The molecule has 0 aromatic heterocycles. The van der Waals surface area contributed by atoms with Gasteiger partial charge in [-0.05, 0) is 52.4 Å². The maximum atomic E-state index is 13.7. The van der Waals surface area contributed by atoms with E-state index in [9.17, 15) is 9.59 Å². The van der Waals surface area contributed by atoms with Crippen LogP contribution in [0.4, 0.5) is 0 Å². The molecule has 154 valence electrons. The molecule has 1 heterocycles. The van der Waals surface area contributed by atoms with E-state index in [1.165, 1.54) is 5.39 Å². The number of hydrogen-bond acceptors (Lipinski definition) is 4. The number of fused-ring (bicyclic) bond motifs is 5. The van der Waals surface area contributed by atoms with E-state index >= 15 is 0 Å². The number of benzene rings is 3. The fraction of sp³-hybridized carbons (Fsp3) is 0.385. The highest BCUT2D eigenvalue weighted by Crippen LogP contribution is 2.43. The zero-order chi connectivity index (χ0) is 20.8. The van der Waals surface area contributed by atoms with E-state index in [1.54, 1.807) is 7.11 Å². The van der Waals surface area contributed by atoms with Crippen molar-refractivity contribution in [3.63, 3.8) is 0 Å². The van der Waals surface area contributed by atoms with Crippen molar-refractivity contribution in [3.8, 4) is 0 Å². The lowest BCUT2D eigenvalue weighted by Crippen LogP contribution is -2.40. The summed E-state index contributed by atoms with van der Waals surface area (Å²) in [7, 11) is 1.65. The van der Waals surface area contributed by atoms with Gasteiger partial charge in [0, 0.05) is 31.1 Å². The summed E-state index contributed by atoms with van der Waals surface area (Å²) < 4.78 is 10.6. The first-order valence-electron chi connectivity index (χ1n) is 10.7. The lowest BCUT2D eigenvalue weighted by Gasteiger charge is -2.34. The van der Waals surface area contributed by atoms with Crippen molar-refractivity contribution < 1.29 is 19.1 Å². The Hall–Kier alpha value is -2.56. The van der Waals surface area contributed by atoms with Gasteiger partial charge in [-0.25, -0.2) is 0 Å². The highest BCUT2D eigenvalue weighted by molar-refractivity contribution is 6.25. The van der Waals surface area contributed by atoms with Crippen molar-refractivity contribution in [3.05, 3.63) is 59.2 Å². The van der Waals surface area contributed by atoms with Gasteiger partial charge in [0.05, 0.1) is 19.1 Å². The quantitative estimate of drug-likeness (QED) is 0.453. The van der Waals surface area contributed by atoms with Crippen LogP contribution in [0.1, 0.15) is 40.2 Å². The molecule has 0 amide bonds. The van der Waals surface area contributed by atoms with Gasteiger partial charge in [0.2, 0.25) is 0 Å². The van der Waals surface area contributed by atoms with Gasteiger partial charge in [-0.2, -0.15) is 0 Å². The molecular formula is C26H26O4. The van der Waals surface area contributed by atoms with Crippen LogP contribution in [-0.4, -0.2) is 38.5 Å². The number of ether oxygens (including phenoxy) is 2. The SMILES string of the molecule is COCCC1C(=O)C(CC2COC2)C(=O)c2c1ccc1c2c(C)cc2ccccc21. The summed E-state index contributed by atoms with van der Waals surface area (Å²) >= 11 is 0. The Bertz CT molecular complexity index is 1160. The van der Waals surface area contributed by atoms with Crippen molar-refractivity contribution in [2.75, 3.05) is 26.9 Å². The average Bonchev–Trinajstić information content (AvgIpc) is 2.72. The molecule has 0 saturated carbocycles. The van der Waals surface area contributed by atoms with E-state index in [2.05, 4.69) is 31.2 Å². The van der Waals surface area contributed by atoms with Crippen LogP contribution in [0.5, 0.6) is 0 Å². The van der Waals surface area contributed by atoms with Gasteiger partial charge < -0.3 is 9.47 Å². The second-order valence-corrected chi connectivity index (χ2v) is 8.66. The first kappa shape index (κ1) is 19.4. The van der Waals surface area contributed by atoms with E-state index in [4.69, 9.17) is 9.47 Å². The van der Waals surface area contributed by atoms with Gasteiger partial charge in [0.1, 0.15) is 0 Å². The standard InChI is InChI=1S/C26H26O4/c1-15-11-17-5-3-4-6-18(17)19-7-8-20-21(9-10-29-2)25(27)22(12-16-13-30-14-16)26(28)24(20)23(15)19/h3-8,11,16,21-22H,9-10,12-14H2,1-2H3. The molecular weight excluding hydrogens is 376 g/mol. The number of hydrogen-bond donors (Lipinski definition) is 0. The van der Waals surface area contributed by atoms with Crippen LogP contribution < -0.4 is 0 Å². The Morgan fingerprint density at radius 1 is 1.03 bits per heavy atom. The minimum Gasteiger partial charge on any atom is -0.385 e. The van der Waals surface area contributed by atoms with Crippen LogP contribution in [-0.2, 0) is 14.3 Å². The fourth-order valence-corrected chi connectivity index (χ4v) is 5.19. The van der Waals surface area contributed by atoms with Crippen LogP contribution in [0.3, 0.4) is 0 Å². The van der Waals surface area contributed by atoms with Crippen molar-refractivity contribution in [1.82, 2.24) is 0 Å². The molecule has 1 aliphatic carbocycles. The second kappa shape index (κ2) is 7.60. The minimum atomic E-state index is -0.579. The number of carbonyl (C=O) groups excluding carboxylic acids is 2. The Balaban J connectivity index is 1.74. The van der Waals surface area contributed by atoms with Crippen molar-refractivity contribution in [1.29, 1.82) is 0 Å². The van der Waals surface area contributed by atoms with E-state index in [0.29, 0.717) is 38.6 Å². The monoisotopic (exact) mass is 402 g/mol. The number of ketones is 2. The molecule has 1 aliphatic heterocycles. The zero-order valence-corrected chi connectivity index (χ0v) is 17.4. The van der Waals surface area contributed by atoms with Gasteiger partial charge in [0.25, 0.3) is 0 Å². The molecule has 1 saturated heterocycles. The van der Waals surface area contributed by atoms with Gasteiger partial charge in [0.15, 0.2) is 11.6 Å². The normalized spacial score (nSPS) is 21.8. The number of methoxy groups -OCH3 is 1. The predicted octanol–water partition coefficient (Wildman–Crippen LogP) is 4.84. The molecule has 5 rings (SSSR count). The van der Waals surface area contributed by atoms with Crippen LogP contribution in [0.2, 0.25) is 0 Å². The third-order valence-corrected chi connectivity index (χ3v) is 6.77. The lowest BCUT2D eigenvalue weighted by molar-refractivity contribution is -0.125. The van der Waals surface area contributed by atoms with Gasteiger partial charge in [-0.15, -0.1) is 0 Å². The van der Waals surface area contributed by atoms with Crippen LogP contribution >= 0.6 is 0 Å². The smallest absolute Gasteiger partial charge is 0.174 e. The largest absolute Gasteiger partial charge is 0.385 e. The van der Waals surface area contributed by atoms with E-state index in [0.717, 1.165) is 32.8 Å². The van der Waals surface area contributed by atoms with Crippen LogP contribution in [0, 0.1) is 18.8 Å². The highest BCUT2D eigenvalue weighted by Gasteiger charge is 2.43.